The summed E-state index contributed by atoms with van der Waals surface area (Å²) >= 11 is 6.00. The summed E-state index contributed by atoms with van der Waals surface area (Å²) in [5.74, 6) is 1.15. The maximum absolute atomic E-state index is 6.00. The molecule has 0 aliphatic rings. The summed E-state index contributed by atoms with van der Waals surface area (Å²) < 4.78 is 2.40. The van der Waals surface area contributed by atoms with E-state index < -0.39 is 0 Å². The van der Waals surface area contributed by atoms with Gasteiger partial charge in [0, 0.05) is 18.0 Å². The molecule has 0 amide bonds. The number of hydrogen-bond acceptors (Lipinski definition) is 1. The van der Waals surface area contributed by atoms with Crippen LogP contribution >= 0.6 is 11.6 Å². The Morgan fingerprint density at radius 3 is 2.46 bits per heavy atom. The lowest BCUT2D eigenvalue weighted by Gasteiger charge is -2.09. The molecule has 0 aliphatic heterocycles. The van der Waals surface area contributed by atoms with E-state index in [1.165, 1.54) is 43.2 Å². The Hall–Kier alpha value is -1.80. The molecule has 0 radical (unpaired) electrons. The lowest BCUT2D eigenvalue weighted by Crippen LogP contribution is -2.05. The predicted octanol–water partition coefficient (Wildman–Crippen LogP) is 6.25. The molecule has 0 unspecified atom stereocenters. The molecule has 2 aromatic carbocycles. The highest BCUT2D eigenvalue weighted by Crippen LogP contribution is 2.20. The van der Waals surface area contributed by atoms with Gasteiger partial charge in [0.05, 0.1) is 11.0 Å². The SMILES string of the molecule is CCCCCCCn1c(Cc2ccc(Cl)cc2)nc2ccccc21. The van der Waals surface area contributed by atoms with Gasteiger partial charge in [-0.3, -0.25) is 0 Å². The van der Waals surface area contributed by atoms with Gasteiger partial charge < -0.3 is 4.57 Å². The third-order valence-electron chi connectivity index (χ3n) is 4.49. The van der Waals surface area contributed by atoms with Crippen molar-refractivity contribution in [2.45, 2.75) is 52.0 Å². The fourth-order valence-electron chi connectivity index (χ4n) is 3.17. The third kappa shape index (κ3) is 4.18. The van der Waals surface area contributed by atoms with E-state index in [2.05, 4.69) is 47.9 Å². The molecular formula is C21H25ClN2. The summed E-state index contributed by atoms with van der Waals surface area (Å²) in [6.45, 7) is 3.31. The van der Waals surface area contributed by atoms with Crippen LogP contribution in [0.15, 0.2) is 48.5 Å². The first-order valence-corrected chi connectivity index (χ1v) is 9.34. The number of fused-ring (bicyclic) bond motifs is 1. The number of benzene rings is 2. The molecule has 3 heteroatoms. The van der Waals surface area contributed by atoms with Crippen LogP contribution in [0, 0.1) is 0 Å². The van der Waals surface area contributed by atoms with Gasteiger partial charge in [0.1, 0.15) is 5.82 Å². The number of rotatable bonds is 8. The summed E-state index contributed by atoms with van der Waals surface area (Å²) in [7, 11) is 0. The minimum atomic E-state index is 0.781. The van der Waals surface area contributed by atoms with Gasteiger partial charge in [-0.2, -0.15) is 0 Å². The maximum Gasteiger partial charge on any atom is 0.114 e. The average Bonchev–Trinajstić information content (AvgIpc) is 2.94. The minimum Gasteiger partial charge on any atom is -0.328 e. The van der Waals surface area contributed by atoms with Crippen LogP contribution in [0.4, 0.5) is 0 Å². The highest BCUT2D eigenvalue weighted by atomic mass is 35.5. The molecule has 0 saturated heterocycles. The molecule has 24 heavy (non-hydrogen) atoms. The van der Waals surface area contributed by atoms with Crippen molar-refractivity contribution in [3.05, 3.63) is 64.9 Å². The monoisotopic (exact) mass is 340 g/mol. The molecule has 126 valence electrons. The number of halogens is 1. The van der Waals surface area contributed by atoms with Crippen molar-refractivity contribution >= 4 is 22.6 Å². The number of aryl methyl sites for hydroxylation is 1. The van der Waals surface area contributed by atoms with Crippen molar-refractivity contribution < 1.29 is 0 Å². The van der Waals surface area contributed by atoms with Gasteiger partial charge >= 0.3 is 0 Å². The molecule has 3 aromatic rings. The van der Waals surface area contributed by atoms with Gasteiger partial charge in [-0.05, 0) is 36.2 Å². The summed E-state index contributed by atoms with van der Waals surface area (Å²) in [5, 5.41) is 0.781. The molecule has 0 atom stereocenters. The van der Waals surface area contributed by atoms with Gasteiger partial charge in [0.25, 0.3) is 0 Å². The van der Waals surface area contributed by atoms with Gasteiger partial charge in [0.15, 0.2) is 0 Å². The van der Waals surface area contributed by atoms with E-state index in [0.717, 1.165) is 29.3 Å². The van der Waals surface area contributed by atoms with Crippen LogP contribution in [0.5, 0.6) is 0 Å². The van der Waals surface area contributed by atoms with Crippen molar-refractivity contribution in [2.24, 2.45) is 0 Å². The first kappa shape index (κ1) is 17.0. The van der Waals surface area contributed by atoms with Crippen LogP contribution in [0.3, 0.4) is 0 Å². The molecule has 0 saturated carbocycles. The number of unbranched alkanes of at least 4 members (excludes halogenated alkanes) is 4. The molecule has 0 spiro atoms. The second-order valence-corrected chi connectivity index (χ2v) is 6.82. The quantitative estimate of drug-likeness (QED) is 0.443. The molecule has 3 rings (SSSR count). The van der Waals surface area contributed by atoms with Crippen LogP contribution in [0.1, 0.15) is 50.4 Å². The zero-order chi connectivity index (χ0) is 16.8. The van der Waals surface area contributed by atoms with Crippen LogP contribution in [0.25, 0.3) is 11.0 Å². The summed E-state index contributed by atoms with van der Waals surface area (Å²) in [6, 6.07) is 16.5. The lowest BCUT2D eigenvalue weighted by molar-refractivity contribution is 0.565. The highest BCUT2D eigenvalue weighted by Gasteiger charge is 2.10. The number of aromatic nitrogens is 2. The van der Waals surface area contributed by atoms with E-state index in [0.29, 0.717) is 0 Å². The third-order valence-corrected chi connectivity index (χ3v) is 4.75. The topological polar surface area (TPSA) is 17.8 Å². The molecule has 0 fully saturated rings. The van der Waals surface area contributed by atoms with E-state index in [9.17, 15) is 0 Å². The fourth-order valence-corrected chi connectivity index (χ4v) is 3.29. The molecule has 0 bridgehead atoms. The van der Waals surface area contributed by atoms with Crippen molar-refractivity contribution in [2.75, 3.05) is 0 Å². The van der Waals surface area contributed by atoms with Crippen LogP contribution in [0.2, 0.25) is 5.02 Å². The smallest absolute Gasteiger partial charge is 0.114 e. The van der Waals surface area contributed by atoms with E-state index in [1.807, 2.05) is 12.1 Å². The van der Waals surface area contributed by atoms with Crippen LogP contribution in [-0.2, 0) is 13.0 Å². The number of nitrogens with zero attached hydrogens (tertiary/aromatic N) is 2. The van der Waals surface area contributed by atoms with Gasteiger partial charge in [-0.1, -0.05) is 68.5 Å². The Labute approximate surface area is 149 Å². The summed E-state index contributed by atoms with van der Waals surface area (Å²) in [6.07, 6.45) is 7.31. The normalized spacial score (nSPS) is 11.2. The Bertz CT molecular complexity index is 774. The predicted molar refractivity (Wildman–Crippen MR) is 103 cm³/mol. The fraction of sp³-hybridized carbons (Fsp3) is 0.381. The van der Waals surface area contributed by atoms with Crippen molar-refractivity contribution in [3.63, 3.8) is 0 Å². The van der Waals surface area contributed by atoms with Crippen LogP contribution in [-0.4, -0.2) is 9.55 Å². The molecule has 1 heterocycles. The molecule has 2 nitrogen and oxygen atoms in total. The van der Waals surface area contributed by atoms with E-state index in [4.69, 9.17) is 16.6 Å². The van der Waals surface area contributed by atoms with Gasteiger partial charge in [-0.15, -0.1) is 0 Å². The van der Waals surface area contributed by atoms with E-state index in [1.54, 1.807) is 0 Å². The standard InChI is InChI=1S/C21H25ClN2/c1-2-3-4-5-8-15-24-20-10-7-6-9-19(20)23-21(24)16-17-11-13-18(22)14-12-17/h6-7,9-14H,2-5,8,15-16H2,1H3. The maximum atomic E-state index is 6.00. The van der Waals surface area contributed by atoms with Gasteiger partial charge in [-0.25, -0.2) is 4.98 Å². The number of para-hydroxylation sites is 2. The summed E-state index contributed by atoms with van der Waals surface area (Å²) in [5.41, 5.74) is 3.59. The average molecular weight is 341 g/mol. The molecular weight excluding hydrogens is 316 g/mol. The van der Waals surface area contributed by atoms with Gasteiger partial charge in [0.2, 0.25) is 0 Å². The first-order chi connectivity index (χ1) is 11.8. The van der Waals surface area contributed by atoms with Crippen LogP contribution < -0.4 is 0 Å². The lowest BCUT2D eigenvalue weighted by atomic mass is 10.1. The number of hydrogen-bond donors (Lipinski definition) is 0. The zero-order valence-corrected chi connectivity index (χ0v) is 15.1. The minimum absolute atomic E-state index is 0.781. The Morgan fingerprint density at radius 2 is 1.67 bits per heavy atom. The Morgan fingerprint density at radius 1 is 0.917 bits per heavy atom. The van der Waals surface area contributed by atoms with Crippen molar-refractivity contribution in [1.82, 2.24) is 9.55 Å². The molecule has 1 aromatic heterocycles. The van der Waals surface area contributed by atoms with Crippen molar-refractivity contribution in [3.8, 4) is 0 Å². The highest BCUT2D eigenvalue weighted by molar-refractivity contribution is 6.30. The molecule has 0 aliphatic carbocycles. The van der Waals surface area contributed by atoms with E-state index >= 15 is 0 Å². The summed E-state index contributed by atoms with van der Waals surface area (Å²) in [4.78, 5) is 4.88. The van der Waals surface area contributed by atoms with Crippen molar-refractivity contribution in [1.29, 1.82) is 0 Å². The number of imidazole rings is 1. The largest absolute Gasteiger partial charge is 0.328 e. The van der Waals surface area contributed by atoms with E-state index in [-0.39, 0.29) is 0 Å². The second-order valence-electron chi connectivity index (χ2n) is 6.39. The zero-order valence-electron chi connectivity index (χ0n) is 14.3. The Balaban J connectivity index is 1.80. The molecule has 0 N–H and O–H groups in total. The second kappa shape index (κ2) is 8.34. The first-order valence-electron chi connectivity index (χ1n) is 8.96. The Kier molecular flexibility index (Phi) is 5.92.